The predicted octanol–water partition coefficient (Wildman–Crippen LogP) is 4.66. The van der Waals surface area contributed by atoms with Gasteiger partial charge in [0.25, 0.3) is 5.91 Å². The molecule has 2 aliphatic rings. The molecular formula is C22H23Cl2N3O2. The second kappa shape index (κ2) is 8.74. The van der Waals surface area contributed by atoms with E-state index in [2.05, 4.69) is 15.5 Å². The monoisotopic (exact) mass is 431 g/mol. The molecule has 2 amide bonds. The van der Waals surface area contributed by atoms with Gasteiger partial charge in [-0.2, -0.15) is 0 Å². The third kappa shape index (κ3) is 5.10. The molecule has 1 saturated heterocycles. The Morgan fingerprint density at radius 3 is 2.62 bits per heavy atom. The summed E-state index contributed by atoms with van der Waals surface area (Å²) < 4.78 is 0. The fourth-order valence-corrected chi connectivity index (χ4v) is 4.04. The predicted molar refractivity (Wildman–Crippen MR) is 116 cm³/mol. The van der Waals surface area contributed by atoms with Crippen LogP contribution in [0.2, 0.25) is 10.0 Å². The molecule has 5 nitrogen and oxygen atoms in total. The highest BCUT2D eigenvalue weighted by atomic mass is 35.5. The van der Waals surface area contributed by atoms with Crippen LogP contribution in [-0.4, -0.2) is 35.8 Å². The Balaban J connectivity index is 1.38. The van der Waals surface area contributed by atoms with E-state index in [1.165, 1.54) is 0 Å². The Morgan fingerprint density at radius 1 is 1.03 bits per heavy atom. The number of nitrogens with one attached hydrogen (secondary N) is 2. The summed E-state index contributed by atoms with van der Waals surface area (Å²) in [6.07, 6.45) is 4.08. The number of nitrogens with zero attached hydrogens (tertiary/aromatic N) is 1. The van der Waals surface area contributed by atoms with Crippen molar-refractivity contribution < 1.29 is 9.59 Å². The van der Waals surface area contributed by atoms with Crippen molar-refractivity contribution >= 4 is 40.7 Å². The highest BCUT2D eigenvalue weighted by Crippen LogP contribution is 2.34. The van der Waals surface area contributed by atoms with Crippen molar-refractivity contribution in [1.82, 2.24) is 10.2 Å². The van der Waals surface area contributed by atoms with E-state index in [4.69, 9.17) is 23.2 Å². The van der Waals surface area contributed by atoms with Crippen molar-refractivity contribution in [2.24, 2.45) is 0 Å². The van der Waals surface area contributed by atoms with Crippen molar-refractivity contribution in [3.05, 3.63) is 63.6 Å². The van der Waals surface area contributed by atoms with Crippen LogP contribution >= 0.6 is 23.2 Å². The van der Waals surface area contributed by atoms with E-state index in [0.717, 1.165) is 37.8 Å². The minimum Gasteiger partial charge on any atom is -0.349 e. The summed E-state index contributed by atoms with van der Waals surface area (Å²) >= 11 is 12.2. The molecule has 29 heavy (non-hydrogen) atoms. The van der Waals surface area contributed by atoms with Crippen LogP contribution in [0.3, 0.4) is 0 Å². The molecule has 1 atom stereocenters. The van der Waals surface area contributed by atoms with Gasteiger partial charge in [-0.25, -0.2) is 0 Å². The topological polar surface area (TPSA) is 61.4 Å². The number of rotatable bonds is 6. The van der Waals surface area contributed by atoms with E-state index < -0.39 is 0 Å². The minimum atomic E-state index is -0.100. The number of carbonyl (C=O) groups is 2. The first-order valence-electron chi connectivity index (χ1n) is 9.89. The minimum absolute atomic E-state index is 0.0946. The lowest BCUT2D eigenvalue weighted by molar-refractivity contribution is -0.117. The first kappa shape index (κ1) is 20.2. The zero-order valence-corrected chi connectivity index (χ0v) is 17.5. The lowest BCUT2D eigenvalue weighted by Gasteiger charge is -2.24. The summed E-state index contributed by atoms with van der Waals surface area (Å²) in [4.78, 5) is 27.0. The molecule has 1 unspecified atom stereocenters. The van der Waals surface area contributed by atoms with E-state index >= 15 is 0 Å². The molecule has 1 saturated carbocycles. The van der Waals surface area contributed by atoms with Crippen LogP contribution in [0.25, 0.3) is 0 Å². The molecule has 7 heteroatoms. The number of carbonyl (C=O) groups excluding carboxylic acids is 2. The molecule has 2 aromatic carbocycles. The third-order valence-corrected chi connectivity index (χ3v) is 6.10. The largest absolute Gasteiger partial charge is 0.349 e. The number of hydrogen-bond donors (Lipinski definition) is 2. The van der Waals surface area contributed by atoms with Crippen molar-refractivity contribution in [3.8, 4) is 0 Å². The molecule has 2 fully saturated rings. The second-order valence-electron chi connectivity index (χ2n) is 7.68. The Morgan fingerprint density at radius 2 is 1.86 bits per heavy atom. The maximum absolute atomic E-state index is 12.6. The van der Waals surface area contributed by atoms with Crippen molar-refractivity contribution in [3.63, 3.8) is 0 Å². The van der Waals surface area contributed by atoms with E-state index in [1.54, 1.807) is 30.3 Å². The molecule has 0 spiro atoms. The molecule has 2 N–H and O–H groups in total. The van der Waals surface area contributed by atoms with Gasteiger partial charge in [-0.05, 0) is 68.1 Å². The number of halogens is 2. The molecule has 152 valence electrons. The fraction of sp³-hybridized carbons (Fsp3) is 0.364. The summed E-state index contributed by atoms with van der Waals surface area (Å²) in [5.74, 6) is -0.195. The quantitative estimate of drug-likeness (QED) is 0.698. The van der Waals surface area contributed by atoms with E-state index in [-0.39, 0.29) is 24.4 Å². The SMILES string of the molecule is O=C(CN1CCCC1c1ccc(Cl)c(Cl)c1)Nc1cccc(C(=O)NC2CC2)c1. The lowest BCUT2D eigenvalue weighted by atomic mass is 10.0. The fourth-order valence-electron chi connectivity index (χ4n) is 3.73. The third-order valence-electron chi connectivity index (χ3n) is 5.36. The first-order chi connectivity index (χ1) is 14.0. The molecular weight excluding hydrogens is 409 g/mol. The number of likely N-dealkylation sites (tertiary alicyclic amines) is 1. The van der Waals surface area contributed by atoms with Crippen LogP contribution in [-0.2, 0) is 4.79 Å². The van der Waals surface area contributed by atoms with Crippen molar-refractivity contribution in [2.75, 3.05) is 18.4 Å². The molecule has 0 bridgehead atoms. The van der Waals surface area contributed by atoms with E-state index in [9.17, 15) is 9.59 Å². The van der Waals surface area contributed by atoms with Gasteiger partial charge >= 0.3 is 0 Å². The number of benzene rings is 2. The summed E-state index contributed by atoms with van der Waals surface area (Å²) in [5, 5.41) is 6.94. The average Bonchev–Trinajstić information content (AvgIpc) is 3.40. The van der Waals surface area contributed by atoms with Crippen LogP contribution in [0.5, 0.6) is 0 Å². The van der Waals surface area contributed by atoms with Crippen LogP contribution in [0.4, 0.5) is 5.69 Å². The van der Waals surface area contributed by atoms with E-state index in [1.807, 2.05) is 12.1 Å². The Hall–Kier alpha value is -2.08. The first-order valence-corrected chi connectivity index (χ1v) is 10.6. The van der Waals surface area contributed by atoms with E-state index in [0.29, 0.717) is 27.3 Å². The zero-order valence-electron chi connectivity index (χ0n) is 16.0. The zero-order chi connectivity index (χ0) is 20.4. The van der Waals surface area contributed by atoms with Gasteiger partial charge in [-0.3, -0.25) is 14.5 Å². The molecule has 1 aliphatic heterocycles. The molecule has 1 aliphatic carbocycles. The normalized spacial score (nSPS) is 19.2. The van der Waals surface area contributed by atoms with Crippen molar-refractivity contribution in [2.45, 2.75) is 37.8 Å². The van der Waals surface area contributed by atoms with Gasteiger partial charge in [-0.15, -0.1) is 0 Å². The Bertz CT molecular complexity index is 930. The smallest absolute Gasteiger partial charge is 0.251 e. The molecule has 0 aromatic heterocycles. The number of amides is 2. The molecule has 1 heterocycles. The van der Waals surface area contributed by atoms with Gasteiger partial charge in [0.1, 0.15) is 0 Å². The van der Waals surface area contributed by atoms with Crippen LogP contribution in [0.15, 0.2) is 42.5 Å². The van der Waals surface area contributed by atoms with Gasteiger partial charge in [-0.1, -0.05) is 35.3 Å². The van der Waals surface area contributed by atoms with Gasteiger partial charge in [0.05, 0.1) is 16.6 Å². The van der Waals surface area contributed by atoms with Crippen LogP contribution in [0.1, 0.15) is 47.6 Å². The maximum Gasteiger partial charge on any atom is 0.251 e. The van der Waals surface area contributed by atoms with Gasteiger partial charge in [0.2, 0.25) is 5.91 Å². The Kier molecular flexibility index (Phi) is 6.09. The number of hydrogen-bond acceptors (Lipinski definition) is 3. The highest BCUT2D eigenvalue weighted by molar-refractivity contribution is 6.42. The second-order valence-corrected chi connectivity index (χ2v) is 8.49. The maximum atomic E-state index is 12.6. The summed E-state index contributed by atoms with van der Waals surface area (Å²) in [6, 6.07) is 13.2. The van der Waals surface area contributed by atoms with Crippen LogP contribution < -0.4 is 10.6 Å². The summed E-state index contributed by atoms with van der Waals surface area (Å²) in [7, 11) is 0. The Labute approximate surface area is 180 Å². The lowest BCUT2D eigenvalue weighted by Crippen LogP contribution is -2.33. The summed E-state index contributed by atoms with van der Waals surface area (Å²) in [6.45, 7) is 1.13. The molecule has 0 radical (unpaired) electrons. The molecule has 2 aromatic rings. The summed E-state index contributed by atoms with van der Waals surface area (Å²) in [5.41, 5.74) is 2.26. The van der Waals surface area contributed by atoms with Crippen molar-refractivity contribution in [1.29, 1.82) is 0 Å². The molecule has 4 rings (SSSR count). The standard InChI is InChI=1S/C22H23Cl2N3O2/c23-18-9-6-14(12-19(18)24)20-5-2-10-27(20)13-21(28)25-17-4-1-3-15(11-17)22(29)26-16-7-8-16/h1,3-4,6,9,11-12,16,20H,2,5,7-8,10,13H2,(H,25,28)(H,26,29). The van der Waals surface area contributed by atoms with Crippen LogP contribution in [0, 0.1) is 0 Å². The number of anilines is 1. The van der Waals surface area contributed by atoms with Gasteiger partial charge in [0.15, 0.2) is 0 Å². The van der Waals surface area contributed by atoms with Gasteiger partial charge in [0, 0.05) is 23.3 Å². The highest BCUT2D eigenvalue weighted by Gasteiger charge is 2.28. The van der Waals surface area contributed by atoms with Gasteiger partial charge < -0.3 is 10.6 Å². The average molecular weight is 432 g/mol.